The van der Waals surface area contributed by atoms with Crippen LogP contribution < -0.4 is 5.73 Å². The van der Waals surface area contributed by atoms with E-state index in [0.29, 0.717) is 24.6 Å². The number of nitrogens with zero attached hydrogens (tertiary/aromatic N) is 1. The average molecular weight is 335 g/mol. The molecule has 1 aromatic carbocycles. The van der Waals surface area contributed by atoms with E-state index in [-0.39, 0.29) is 16.8 Å². The Morgan fingerprint density at radius 3 is 2.57 bits per heavy atom. The molecule has 2 rings (SSSR count). The van der Waals surface area contributed by atoms with Crippen LogP contribution in [0.2, 0.25) is 5.02 Å². The van der Waals surface area contributed by atoms with Crippen molar-refractivity contribution in [3.05, 3.63) is 34.6 Å². The van der Waals surface area contributed by atoms with E-state index in [9.17, 15) is 12.8 Å². The molecular formula is C14H20ClFN2O2S. The minimum Gasteiger partial charge on any atom is -0.328 e. The van der Waals surface area contributed by atoms with Crippen molar-refractivity contribution < 1.29 is 12.8 Å². The maximum atomic E-state index is 13.1. The molecule has 1 aliphatic heterocycles. The smallest absolute Gasteiger partial charge is 0.218 e. The van der Waals surface area contributed by atoms with Crippen molar-refractivity contribution in [2.24, 2.45) is 11.7 Å². The van der Waals surface area contributed by atoms with Gasteiger partial charge in [-0.1, -0.05) is 17.7 Å². The predicted octanol–water partition coefficient (Wildman–Crippen LogP) is 2.37. The first kappa shape index (κ1) is 16.7. The van der Waals surface area contributed by atoms with E-state index in [1.165, 1.54) is 22.5 Å². The fourth-order valence-corrected chi connectivity index (χ4v) is 4.36. The highest BCUT2D eigenvalue weighted by Crippen LogP contribution is 2.24. The van der Waals surface area contributed by atoms with E-state index < -0.39 is 15.8 Å². The zero-order valence-electron chi connectivity index (χ0n) is 11.9. The van der Waals surface area contributed by atoms with Gasteiger partial charge < -0.3 is 5.73 Å². The summed E-state index contributed by atoms with van der Waals surface area (Å²) in [7, 11) is -3.40. The largest absolute Gasteiger partial charge is 0.328 e. The molecule has 1 unspecified atom stereocenters. The summed E-state index contributed by atoms with van der Waals surface area (Å²) in [5, 5.41) is -0.0571. The van der Waals surface area contributed by atoms with Crippen LogP contribution in [0.1, 0.15) is 25.3 Å². The Balaban J connectivity index is 2.04. The van der Waals surface area contributed by atoms with Gasteiger partial charge in [0.15, 0.2) is 0 Å². The van der Waals surface area contributed by atoms with Gasteiger partial charge >= 0.3 is 0 Å². The molecule has 0 saturated carbocycles. The van der Waals surface area contributed by atoms with Crippen molar-refractivity contribution in [1.82, 2.24) is 4.31 Å². The third-order valence-corrected chi connectivity index (χ3v) is 6.11. The zero-order valence-corrected chi connectivity index (χ0v) is 13.5. The molecule has 1 saturated heterocycles. The summed E-state index contributed by atoms with van der Waals surface area (Å²) in [5.41, 5.74) is 6.35. The molecule has 21 heavy (non-hydrogen) atoms. The van der Waals surface area contributed by atoms with Crippen molar-refractivity contribution >= 4 is 21.6 Å². The van der Waals surface area contributed by atoms with Gasteiger partial charge in [0.05, 0.1) is 10.8 Å². The molecule has 0 amide bonds. The number of nitrogens with two attached hydrogens (primary N) is 1. The minimum atomic E-state index is -3.40. The summed E-state index contributed by atoms with van der Waals surface area (Å²) in [6.07, 6.45) is 1.56. The Bertz CT molecular complexity index is 599. The molecule has 1 aliphatic rings. The highest BCUT2D eigenvalue weighted by molar-refractivity contribution is 7.88. The number of halogens is 2. The van der Waals surface area contributed by atoms with Gasteiger partial charge in [-0.05, 0) is 43.4 Å². The van der Waals surface area contributed by atoms with Crippen LogP contribution in [0.5, 0.6) is 0 Å². The Morgan fingerprint density at radius 1 is 1.43 bits per heavy atom. The quantitative estimate of drug-likeness (QED) is 0.919. The van der Waals surface area contributed by atoms with Crippen LogP contribution in [-0.2, 0) is 15.8 Å². The molecular weight excluding hydrogens is 315 g/mol. The highest BCUT2D eigenvalue weighted by Gasteiger charge is 2.29. The lowest BCUT2D eigenvalue weighted by molar-refractivity contribution is 0.250. The molecule has 0 aliphatic carbocycles. The Hall–Kier alpha value is -0.690. The first-order chi connectivity index (χ1) is 9.79. The van der Waals surface area contributed by atoms with E-state index in [1.807, 2.05) is 6.92 Å². The molecule has 7 heteroatoms. The highest BCUT2D eigenvalue weighted by atomic mass is 35.5. The van der Waals surface area contributed by atoms with E-state index in [4.69, 9.17) is 17.3 Å². The van der Waals surface area contributed by atoms with Gasteiger partial charge in [-0.15, -0.1) is 0 Å². The van der Waals surface area contributed by atoms with Crippen molar-refractivity contribution in [3.8, 4) is 0 Å². The SMILES string of the molecule is CC(N)C1CCN(S(=O)(=O)Cc2ccc(F)c(Cl)c2)CC1. The molecule has 1 fully saturated rings. The summed E-state index contributed by atoms with van der Waals surface area (Å²) >= 11 is 5.69. The van der Waals surface area contributed by atoms with Crippen molar-refractivity contribution in [1.29, 1.82) is 0 Å². The average Bonchev–Trinajstić information content (AvgIpc) is 2.43. The predicted molar refractivity (Wildman–Crippen MR) is 82.0 cm³/mol. The van der Waals surface area contributed by atoms with E-state index in [1.54, 1.807) is 0 Å². The van der Waals surface area contributed by atoms with Gasteiger partial charge in [0.1, 0.15) is 5.82 Å². The van der Waals surface area contributed by atoms with Crippen molar-refractivity contribution in [3.63, 3.8) is 0 Å². The molecule has 1 heterocycles. The van der Waals surface area contributed by atoms with Crippen LogP contribution in [0.15, 0.2) is 18.2 Å². The number of sulfonamides is 1. The zero-order chi connectivity index (χ0) is 15.6. The first-order valence-corrected chi connectivity index (χ1v) is 8.95. The summed E-state index contributed by atoms with van der Waals surface area (Å²) in [6, 6.07) is 4.09. The number of benzene rings is 1. The summed E-state index contributed by atoms with van der Waals surface area (Å²) < 4.78 is 39.4. The van der Waals surface area contributed by atoms with Crippen LogP contribution in [0.25, 0.3) is 0 Å². The number of hydrogen-bond acceptors (Lipinski definition) is 3. The van der Waals surface area contributed by atoms with Gasteiger partial charge in [0.2, 0.25) is 10.0 Å². The first-order valence-electron chi connectivity index (χ1n) is 6.97. The van der Waals surface area contributed by atoms with Crippen LogP contribution >= 0.6 is 11.6 Å². The lowest BCUT2D eigenvalue weighted by atomic mass is 9.92. The van der Waals surface area contributed by atoms with Crippen LogP contribution in [0.4, 0.5) is 4.39 Å². The maximum Gasteiger partial charge on any atom is 0.218 e. The van der Waals surface area contributed by atoms with E-state index in [0.717, 1.165) is 12.8 Å². The van der Waals surface area contributed by atoms with Gasteiger partial charge in [0, 0.05) is 19.1 Å². The maximum absolute atomic E-state index is 13.1. The standard InChI is InChI=1S/C14H20ClFN2O2S/c1-10(17)12-4-6-18(7-5-12)21(19,20)9-11-2-3-14(16)13(15)8-11/h2-3,8,10,12H,4-7,9,17H2,1H3. The monoisotopic (exact) mass is 334 g/mol. The Labute approximate surface area is 130 Å². The number of rotatable bonds is 4. The molecule has 0 aromatic heterocycles. The van der Waals surface area contributed by atoms with Crippen molar-refractivity contribution in [2.75, 3.05) is 13.1 Å². The van der Waals surface area contributed by atoms with Gasteiger partial charge in [-0.3, -0.25) is 0 Å². The van der Waals surface area contributed by atoms with E-state index >= 15 is 0 Å². The van der Waals surface area contributed by atoms with Gasteiger partial charge in [0.25, 0.3) is 0 Å². The summed E-state index contributed by atoms with van der Waals surface area (Å²) in [6.45, 7) is 2.93. The number of piperidine rings is 1. The molecule has 0 spiro atoms. The van der Waals surface area contributed by atoms with Crippen LogP contribution in [-0.4, -0.2) is 31.9 Å². The molecule has 4 nitrogen and oxygen atoms in total. The van der Waals surface area contributed by atoms with Gasteiger partial charge in [-0.25, -0.2) is 17.1 Å². The Morgan fingerprint density at radius 2 is 2.05 bits per heavy atom. The molecule has 1 atom stereocenters. The van der Waals surface area contributed by atoms with Gasteiger partial charge in [-0.2, -0.15) is 0 Å². The minimum absolute atomic E-state index is 0.0571. The fraction of sp³-hybridized carbons (Fsp3) is 0.571. The summed E-state index contributed by atoms with van der Waals surface area (Å²) in [5.74, 6) is -0.331. The molecule has 0 bridgehead atoms. The van der Waals surface area contributed by atoms with Crippen molar-refractivity contribution in [2.45, 2.75) is 31.6 Å². The summed E-state index contributed by atoms with van der Waals surface area (Å²) in [4.78, 5) is 0. The van der Waals surface area contributed by atoms with Crippen LogP contribution in [0, 0.1) is 11.7 Å². The molecule has 1 aromatic rings. The Kier molecular flexibility index (Phi) is 5.24. The van der Waals surface area contributed by atoms with Crippen LogP contribution in [0.3, 0.4) is 0 Å². The second-order valence-corrected chi connectivity index (χ2v) is 7.98. The lowest BCUT2D eigenvalue weighted by Crippen LogP contribution is -2.42. The molecule has 118 valence electrons. The van der Waals surface area contributed by atoms with E-state index in [2.05, 4.69) is 0 Å². The third-order valence-electron chi connectivity index (χ3n) is 3.97. The second kappa shape index (κ2) is 6.60. The lowest BCUT2D eigenvalue weighted by Gasteiger charge is -2.33. The molecule has 2 N–H and O–H groups in total. The normalized spacial score (nSPS) is 19.6. The number of hydrogen-bond donors (Lipinski definition) is 1. The fourth-order valence-electron chi connectivity index (χ4n) is 2.61. The topological polar surface area (TPSA) is 63.4 Å². The third kappa shape index (κ3) is 4.16. The molecule has 0 radical (unpaired) electrons. The second-order valence-electron chi connectivity index (χ2n) is 5.60.